The van der Waals surface area contributed by atoms with Crippen LogP contribution in [0.4, 0.5) is 23.2 Å². The van der Waals surface area contributed by atoms with Crippen LogP contribution in [0, 0.1) is 35.1 Å². The molecular weight excluding hydrogens is 422 g/mol. The highest BCUT2D eigenvalue weighted by Crippen LogP contribution is 2.29. The molecule has 0 spiro atoms. The molecule has 6 heteroatoms. The van der Waals surface area contributed by atoms with Crippen LogP contribution < -0.4 is 0 Å². The predicted molar refractivity (Wildman–Crippen MR) is 117 cm³/mol. The highest BCUT2D eigenvalue weighted by molar-refractivity contribution is 7.78. The molecule has 31 heavy (non-hydrogen) atoms. The molecule has 0 atom stereocenters. The van der Waals surface area contributed by atoms with Crippen LogP contribution in [0.1, 0.15) is 36.5 Å². The number of unbranched alkanes of at least 4 members (excludes halogenated alkanes) is 1. The lowest BCUT2D eigenvalue weighted by Gasteiger charge is -2.05. The van der Waals surface area contributed by atoms with E-state index in [-0.39, 0.29) is 5.56 Å². The van der Waals surface area contributed by atoms with Gasteiger partial charge in [0.25, 0.3) is 0 Å². The first-order chi connectivity index (χ1) is 14.9. The molecule has 0 N–H and O–H groups in total. The monoisotopic (exact) mass is 439 g/mol. The Labute approximate surface area is 183 Å². The first-order valence-corrected chi connectivity index (χ1v) is 10.0. The standard InChI is InChI=1S/C25H17F4NS/c1-2-3-4-17-11-21(26)20(22(27)12-17)10-7-16-5-8-18(9-6-16)19-13-23(28)25(30-15-31)24(29)14-19/h5-6,8-9,11-14H,2-4H2,1H3. The highest BCUT2D eigenvalue weighted by Gasteiger charge is 2.12. The van der Waals surface area contributed by atoms with Gasteiger partial charge < -0.3 is 0 Å². The van der Waals surface area contributed by atoms with Crippen LogP contribution in [0.15, 0.2) is 53.5 Å². The highest BCUT2D eigenvalue weighted by atomic mass is 32.1. The number of aryl methyl sites for hydroxylation is 1. The molecule has 0 bridgehead atoms. The van der Waals surface area contributed by atoms with Crippen LogP contribution in [-0.2, 0) is 6.42 Å². The molecule has 0 amide bonds. The summed E-state index contributed by atoms with van der Waals surface area (Å²) in [5, 5.41) is 1.94. The summed E-state index contributed by atoms with van der Waals surface area (Å²) in [7, 11) is 0. The van der Waals surface area contributed by atoms with Gasteiger partial charge in [-0.2, -0.15) is 4.99 Å². The van der Waals surface area contributed by atoms with Crippen molar-refractivity contribution in [2.45, 2.75) is 26.2 Å². The molecule has 1 nitrogen and oxygen atoms in total. The quantitative estimate of drug-likeness (QED) is 0.175. The van der Waals surface area contributed by atoms with E-state index in [9.17, 15) is 17.6 Å². The number of nitrogens with zero attached hydrogens (tertiary/aromatic N) is 1. The Hall–Kier alpha value is -3.26. The number of thiocarbonyl (C=S) groups is 1. The van der Waals surface area contributed by atoms with Crippen LogP contribution in [-0.4, -0.2) is 5.16 Å². The fourth-order valence-corrected chi connectivity index (χ4v) is 3.13. The number of aliphatic imine (C=N–C) groups is 1. The Morgan fingerprint density at radius 1 is 0.806 bits per heavy atom. The molecule has 3 aromatic rings. The van der Waals surface area contributed by atoms with Crippen molar-refractivity contribution >= 4 is 23.1 Å². The second-order valence-electron chi connectivity index (χ2n) is 6.86. The maximum Gasteiger partial charge on any atom is 0.153 e. The van der Waals surface area contributed by atoms with Crippen LogP contribution in [0.25, 0.3) is 11.1 Å². The lowest BCUT2D eigenvalue weighted by molar-refractivity contribution is 0.572. The van der Waals surface area contributed by atoms with Crippen LogP contribution in [0.5, 0.6) is 0 Å². The van der Waals surface area contributed by atoms with Gasteiger partial charge in [-0.3, -0.25) is 0 Å². The Morgan fingerprint density at radius 2 is 1.42 bits per heavy atom. The van der Waals surface area contributed by atoms with Crippen molar-refractivity contribution < 1.29 is 17.6 Å². The lowest BCUT2D eigenvalue weighted by Crippen LogP contribution is -1.95. The SMILES string of the molecule is CCCCc1cc(F)c(C#Cc2ccc(-c3cc(F)c(N=C=S)c(F)c3)cc2)c(F)c1. The van der Waals surface area contributed by atoms with E-state index in [0.717, 1.165) is 25.0 Å². The number of benzene rings is 3. The minimum Gasteiger partial charge on any atom is -0.206 e. The molecular formula is C25H17F4NS. The van der Waals surface area contributed by atoms with Crippen molar-refractivity contribution in [3.63, 3.8) is 0 Å². The van der Waals surface area contributed by atoms with Gasteiger partial charge in [-0.1, -0.05) is 37.3 Å². The van der Waals surface area contributed by atoms with Gasteiger partial charge in [0.05, 0.1) is 10.7 Å². The fourth-order valence-electron chi connectivity index (χ4n) is 3.04. The van der Waals surface area contributed by atoms with Gasteiger partial charge in [-0.25, -0.2) is 17.6 Å². The van der Waals surface area contributed by atoms with Gasteiger partial charge in [0.15, 0.2) is 11.6 Å². The summed E-state index contributed by atoms with van der Waals surface area (Å²) in [4.78, 5) is 3.38. The topological polar surface area (TPSA) is 12.4 Å². The number of hydrogen-bond donors (Lipinski definition) is 0. The minimum absolute atomic E-state index is 0.289. The fraction of sp³-hybridized carbons (Fsp3) is 0.160. The van der Waals surface area contributed by atoms with Gasteiger partial charge >= 0.3 is 0 Å². The first kappa shape index (κ1) is 22.4. The summed E-state index contributed by atoms with van der Waals surface area (Å²) in [5.41, 5.74) is 1.17. The summed E-state index contributed by atoms with van der Waals surface area (Å²) in [6.45, 7) is 2.01. The molecule has 0 fully saturated rings. The van der Waals surface area contributed by atoms with E-state index in [1.807, 2.05) is 12.1 Å². The Kier molecular flexibility index (Phi) is 7.36. The smallest absolute Gasteiger partial charge is 0.153 e. The maximum atomic E-state index is 14.3. The van der Waals surface area contributed by atoms with E-state index in [1.165, 1.54) is 12.1 Å². The predicted octanol–water partition coefficient (Wildman–Crippen LogP) is 7.39. The molecule has 3 aromatic carbocycles. The molecule has 0 aliphatic carbocycles. The van der Waals surface area contributed by atoms with E-state index in [4.69, 9.17) is 0 Å². The zero-order valence-electron chi connectivity index (χ0n) is 16.6. The third kappa shape index (κ3) is 5.46. The summed E-state index contributed by atoms with van der Waals surface area (Å²) < 4.78 is 56.6. The lowest BCUT2D eigenvalue weighted by atomic mass is 10.0. The van der Waals surface area contributed by atoms with Crippen LogP contribution >= 0.6 is 12.2 Å². The molecule has 0 aromatic heterocycles. The second-order valence-corrected chi connectivity index (χ2v) is 7.04. The minimum atomic E-state index is -0.857. The molecule has 0 aliphatic heterocycles. The Bertz CT molecular complexity index is 1170. The third-order valence-corrected chi connectivity index (χ3v) is 4.74. The Balaban J connectivity index is 1.85. The van der Waals surface area contributed by atoms with E-state index >= 15 is 0 Å². The first-order valence-electron chi connectivity index (χ1n) is 9.60. The number of rotatable bonds is 5. The number of halogens is 4. The van der Waals surface area contributed by atoms with Crippen LogP contribution in [0.2, 0.25) is 0 Å². The average Bonchev–Trinajstić information content (AvgIpc) is 2.74. The van der Waals surface area contributed by atoms with E-state index in [2.05, 4.69) is 29.1 Å². The molecule has 156 valence electrons. The van der Waals surface area contributed by atoms with Gasteiger partial charge in [-0.05, 0) is 78.1 Å². The third-order valence-electron chi connectivity index (χ3n) is 4.65. The average molecular weight is 439 g/mol. The second kappa shape index (κ2) is 10.2. The molecule has 0 heterocycles. The van der Waals surface area contributed by atoms with Crippen molar-refractivity contribution in [3.05, 3.63) is 88.5 Å². The van der Waals surface area contributed by atoms with Crippen LogP contribution in [0.3, 0.4) is 0 Å². The van der Waals surface area contributed by atoms with Crippen molar-refractivity contribution in [3.8, 4) is 23.0 Å². The Morgan fingerprint density at radius 3 is 1.97 bits per heavy atom. The maximum absolute atomic E-state index is 14.3. The zero-order valence-corrected chi connectivity index (χ0v) is 17.4. The van der Waals surface area contributed by atoms with E-state index in [0.29, 0.717) is 28.7 Å². The number of isothiocyanates is 1. The van der Waals surface area contributed by atoms with Crippen molar-refractivity contribution in [2.75, 3.05) is 0 Å². The van der Waals surface area contributed by atoms with E-state index < -0.39 is 29.0 Å². The molecule has 0 radical (unpaired) electrons. The van der Waals surface area contributed by atoms with Gasteiger partial charge in [0.1, 0.15) is 17.3 Å². The van der Waals surface area contributed by atoms with E-state index in [1.54, 1.807) is 24.3 Å². The van der Waals surface area contributed by atoms with Crippen molar-refractivity contribution in [1.29, 1.82) is 0 Å². The van der Waals surface area contributed by atoms with Gasteiger partial charge in [-0.15, -0.1) is 0 Å². The summed E-state index contributed by atoms with van der Waals surface area (Å²) in [6, 6.07) is 11.3. The summed E-state index contributed by atoms with van der Waals surface area (Å²) >= 11 is 4.38. The number of hydrogen-bond acceptors (Lipinski definition) is 2. The van der Waals surface area contributed by atoms with Crippen molar-refractivity contribution in [1.82, 2.24) is 0 Å². The zero-order chi connectivity index (χ0) is 22.4. The molecule has 0 unspecified atom stereocenters. The molecule has 0 saturated carbocycles. The summed E-state index contributed by atoms with van der Waals surface area (Å²) in [6.07, 6.45) is 2.40. The van der Waals surface area contributed by atoms with Crippen molar-refractivity contribution in [2.24, 2.45) is 4.99 Å². The van der Waals surface area contributed by atoms with Gasteiger partial charge in [0, 0.05) is 5.56 Å². The van der Waals surface area contributed by atoms with Gasteiger partial charge in [0.2, 0.25) is 0 Å². The molecule has 3 rings (SSSR count). The normalized spacial score (nSPS) is 10.2. The molecule has 0 saturated heterocycles. The largest absolute Gasteiger partial charge is 0.206 e. The molecule has 0 aliphatic rings. The summed E-state index contributed by atoms with van der Waals surface area (Å²) in [5.74, 6) is 2.15.